The van der Waals surface area contributed by atoms with Crippen LogP contribution in [0.3, 0.4) is 0 Å². The van der Waals surface area contributed by atoms with E-state index in [0.717, 1.165) is 23.3 Å². The van der Waals surface area contributed by atoms with E-state index in [0.29, 0.717) is 12.3 Å². The van der Waals surface area contributed by atoms with E-state index in [4.69, 9.17) is 0 Å². The summed E-state index contributed by atoms with van der Waals surface area (Å²) in [4.78, 5) is 27.6. The molecule has 0 saturated carbocycles. The van der Waals surface area contributed by atoms with Crippen molar-refractivity contribution in [2.24, 2.45) is 0 Å². The highest BCUT2D eigenvalue weighted by molar-refractivity contribution is 7.99. The third-order valence-corrected chi connectivity index (χ3v) is 6.37. The van der Waals surface area contributed by atoms with Crippen LogP contribution in [0.25, 0.3) is 0 Å². The van der Waals surface area contributed by atoms with Gasteiger partial charge in [-0.2, -0.15) is 0 Å². The van der Waals surface area contributed by atoms with Crippen molar-refractivity contribution in [1.82, 2.24) is 10.2 Å². The lowest BCUT2D eigenvalue weighted by molar-refractivity contribution is -0.138. The van der Waals surface area contributed by atoms with Crippen LogP contribution in [0.5, 0.6) is 0 Å². The Labute approximate surface area is 185 Å². The molecule has 0 bridgehead atoms. The van der Waals surface area contributed by atoms with Crippen LogP contribution >= 0.6 is 11.8 Å². The SMILES string of the molecule is CC[C@@H](C)NC(=O)[C@@H](C)N(Cc1ccccc1C)C(=O)CSCc1ccc(C)cc1. The Bertz CT molecular complexity index is 835. The van der Waals surface area contributed by atoms with Crippen LogP contribution in [0.15, 0.2) is 48.5 Å². The number of nitrogens with one attached hydrogen (secondary N) is 1. The molecule has 2 rings (SSSR count). The highest BCUT2D eigenvalue weighted by Crippen LogP contribution is 2.18. The first kappa shape index (κ1) is 24.0. The summed E-state index contributed by atoms with van der Waals surface area (Å²) in [6.07, 6.45) is 0.858. The van der Waals surface area contributed by atoms with Crippen LogP contribution in [-0.2, 0) is 21.9 Å². The molecule has 0 radical (unpaired) electrons. The zero-order chi connectivity index (χ0) is 22.1. The maximum Gasteiger partial charge on any atom is 0.242 e. The van der Waals surface area contributed by atoms with Crippen molar-refractivity contribution in [3.63, 3.8) is 0 Å². The first-order chi connectivity index (χ1) is 14.3. The predicted octanol–water partition coefficient (Wildman–Crippen LogP) is 4.87. The van der Waals surface area contributed by atoms with Gasteiger partial charge in [0.25, 0.3) is 0 Å². The molecule has 0 spiro atoms. The molecule has 5 heteroatoms. The van der Waals surface area contributed by atoms with Crippen molar-refractivity contribution in [1.29, 1.82) is 0 Å². The molecule has 0 aromatic heterocycles. The zero-order valence-electron chi connectivity index (χ0n) is 18.8. The number of nitrogens with zero attached hydrogens (tertiary/aromatic N) is 1. The molecule has 0 fully saturated rings. The van der Waals surface area contributed by atoms with Crippen molar-refractivity contribution in [2.45, 2.75) is 65.4 Å². The van der Waals surface area contributed by atoms with Crippen molar-refractivity contribution < 1.29 is 9.59 Å². The number of aryl methyl sites for hydroxylation is 2. The third kappa shape index (κ3) is 7.21. The fraction of sp³-hybridized carbons (Fsp3) is 0.440. The summed E-state index contributed by atoms with van der Waals surface area (Å²) >= 11 is 1.59. The Kier molecular flexibility index (Phi) is 9.44. The normalized spacial score (nSPS) is 12.8. The Morgan fingerprint density at radius 2 is 1.70 bits per heavy atom. The Morgan fingerprint density at radius 3 is 2.33 bits per heavy atom. The molecule has 0 aliphatic carbocycles. The number of benzene rings is 2. The van der Waals surface area contributed by atoms with Crippen molar-refractivity contribution in [3.8, 4) is 0 Å². The van der Waals surface area contributed by atoms with E-state index in [-0.39, 0.29) is 17.9 Å². The second kappa shape index (κ2) is 11.8. The maximum absolute atomic E-state index is 13.1. The van der Waals surface area contributed by atoms with Gasteiger partial charge >= 0.3 is 0 Å². The molecule has 0 aliphatic rings. The van der Waals surface area contributed by atoms with Gasteiger partial charge in [-0.3, -0.25) is 9.59 Å². The molecule has 2 atom stereocenters. The highest BCUT2D eigenvalue weighted by Gasteiger charge is 2.27. The van der Waals surface area contributed by atoms with Gasteiger partial charge in [0.1, 0.15) is 6.04 Å². The largest absolute Gasteiger partial charge is 0.352 e. The minimum absolute atomic E-state index is 0.0119. The van der Waals surface area contributed by atoms with Gasteiger partial charge in [0.05, 0.1) is 5.75 Å². The summed E-state index contributed by atoms with van der Waals surface area (Å²) in [7, 11) is 0. The van der Waals surface area contributed by atoms with Gasteiger partial charge in [0, 0.05) is 18.3 Å². The smallest absolute Gasteiger partial charge is 0.242 e. The van der Waals surface area contributed by atoms with Crippen LogP contribution in [0.2, 0.25) is 0 Å². The molecule has 4 nitrogen and oxygen atoms in total. The quantitative estimate of drug-likeness (QED) is 0.590. The van der Waals surface area contributed by atoms with Gasteiger partial charge in [0.2, 0.25) is 11.8 Å². The van der Waals surface area contributed by atoms with E-state index in [1.54, 1.807) is 16.7 Å². The number of hydrogen-bond acceptors (Lipinski definition) is 3. The second-order valence-corrected chi connectivity index (χ2v) is 8.91. The third-order valence-electron chi connectivity index (χ3n) is 5.39. The minimum Gasteiger partial charge on any atom is -0.352 e. The van der Waals surface area contributed by atoms with Crippen molar-refractivity contribution in [3.05, 3.63) is 70.8 Å². The number of carbonyl (C=O) groups excluding carboxylic acids is 2. The maximum atomic E-state index is 13.1. The molecule has 2 aromatic rings. The average molecular weight is 427 g/mol. The summed E-state index contributed by atoms with van der Waals surface area (Å²) in [5, 5.41) is 3.01. The molecular formula is C25H34N2O2S. The van der Waals surface area contributed by atoms with Crippen molar-refractivity contribution in [2.75, 3.05) is 5.75 Å². The molecule has 1 N–H and O–H groups in total. The van der Waals surface area contributed by atoms with E-state index in [9.17, 15) is 9.59 Å². The van der Waals surface area contributed by atoms with Crippen LogP contribution in [0.1, 0.15) is 49.4 Å². The van der Waals surface area contributed by atoms with Crippen LogP contribution in [0.4, 0.5) is 0 Å². The number of hydrogen-bond donors (Lipinski definition) is 1. The fourth-order valence-corrected chi connectivity index (χ4v) is 3.91. The fourth-order valence-electron chi connectivity index (χ4n) is 3.04. The second-order valence-electron chi connectivity index (χ2n) is 7.92. The summed E-state index contributed by atoms with van der Waals surface area (Å²) < 4.78 is 0. The zero-order valence-corrected chi connectivity index (χ0v) is 19.6. The van der Waals surface area contributed by atoms with Crippen LogP contribution in [-0.4, -0.2) is 34.6 Å². The average Bonchev–Trinajstić information content (AvgIpc) is 2.73. The first-order valence-corrected chi connectivity index (χ1v) is 11.7. The molecule has 0 heterocycles. The van der Waals surface area contributed by atoms with Crippen LogP contribution < -0.4 is 5.32 Å². The molecule has 2 amide bonds. The summed E-state index contributed by atoms with van der Waals surface area (Å²) in [6, 6.07) is 16.0. The highest BCUT2D eigenvalue weighted by atomic mass is 32.2. The van der Waals surface area contributed by atoms with E-state index in [1.807, 2.05) is 52.0 Å². The van der Waals surface area contributed by atoms with Gasteiger partial charge in [-0.15, -0.1) is 11.8 Å². The molecule has 0 aliphatic heterocycles. The Balaban J connectivity index is 2.08. The lowest BCUT2D eigenvalue weighted by Gasteiger charge is -2.30. The van der Waals surface area contributed by atoms with Crippen LogP contribution in [0, 0.1) is 13.8 Å². The molecular weight excluding hydrogens is 392 g/mol. The monoisotopic (exact) mass is 426 g/mol. The number of thioether (sulfide) groups is 1. The summed E-state index contributed by atoms with van der Waals surface area (Å²) in [5.74, 6) is 1.01. The van der Waals surface area contributed by atoms with E-state index in [1.165, 1.54) is 11.1 Å². The Hall–Kier alpha value is -2.27. The summed E-state index contributed by atoms with van der Waals surface area (Å²) in [5.41, 5.74) is 4.62. The molecule has 2 aromatic carbocycles. The minimum atomic E-state index is -0.522. The number of carbonyl (C=O) groups is 2. The van der Waals surface area contributed by atoms with Gasteiger partial charge in [-0.1, -0.05) is 61.0 Å². The predicted molar refractivity (Wildman–Crippen MR) is 126 cm³/mol. The van der Waals surface area contributed by atoms with Gasteiger partial charge in [0.15, 0.2) is 0 Å². The van der Waals surface area contributed by atoms with Gasteiger partial charge in [-0.05, 0) is 50.8 Å². The van der Waals surface area contributed by atoms with E-state index in [2.05, 4.69) is 36.5 Å². The van der Waals surface area contributed by atoms with E-state index < -0.39 is 6.04 Å². The molecule has 162 valence electrons. The van der Waals surface area contributed by atoms with Gasteiger partial charge < -0.3 is 10.2 Å². The molecule has 30 heavy (non-hydrogen) atoms. The van der Waals surface area contributed by atoms with E-state index >= 15 is 0 Å². The summed E-state index contributed by atoms with van der Waals surface area (Å²) in [6.45, 7) is 10.4. The Morgan fingerprint density at radius 1 is 1.03 bits per heavy atom. The lowest BCUT2D eigenvalue weighted by Crippen LogP contribution is -2.50. The molecule has 0 saturated heterocycles. The van der Waals surface area contributed by atoms with Crippen molar-refractivity contribution >= 4 is 23.6 Å². The molecule has 0 unspecified atom stereocenters. The lowest BCUT2D eigenvalue weighted by atomic mass is 10.1. The topological polar surface area (TPSA) is 49.4 Å². The number of amides is 2. The number of rotatable bonds is 10. The van der Waals surface area contributed by atoms with Gasteiger partial charge in [-0.25, -0.2) is 0 Å². The first-order valence-electron chi connectivity index (χ1n) is 10.6. The standard InChI is InChI=1S/C25H34N2O2S/c1-6-20(4)26-25(29)21(5)27(15-23-10-8-7-9-19(23)3)24(28)17-30-16-22-13-11-18(2)12-14-22/h7-14,20-21H,6,15-17H2,1-5H3,(H,26,29)/t20-,21-/m1/s1.